The molecule has 0 fully saturated rings. The van der Waals surface area contributed by atoms with Crippen LogP contribution < -0.4 is 10.6 Å². The predicted octanol–water partition coefficient (Wildman–Crippen LogP) is 3.85. The molecular formula is C21H18ClN3O2. The van der Waals surface area contributed by atoms with Gasteiger partial charge in [-0.1, -0.05) is 60.1 Å². The molecule has 2 aromatic carbocycles. The molecule has 0 aliphatic rings. The van der Waals surface area contributed by atoms with Gasteiger partial charge in [-0.15, -0.1) is 0 Å². The predicted molar refractivity (Wildman–Crippen MR) is 106 cm³/mol. The molecule has 0 saturated heterocycles. The highest BCUT2D eigenvalue weighted by Gasteiger charge is 2.09. The van der Waals surface area contributed by atoms with E-state index in [1.807, 2.05) is 42.5 Å². The molecule has 2 amide bonds. The molecule has 0 bridgehead atoms. The van der Waals surface area contributed by atoms with Gasteiger partial charge in [-0.05, 0) is 35.4 Å². The third-order valence-corrected chi connectivity index (χ3v) is 4.07. The Labute approximate surface area is 162 Å². The number of hydrogen-bond acceptors (Lipinski definition) is 3. The van der Waals surface area contributed by atoms with Gasteiger partial charge < -0.3 is 10.6 Å². The van der Waals surface area contributed by atoms with Gasteiger partial charge in [-0.3, -0.25) is 9.59 Å². The van der Waals surface area contributed by atoms with E-state index in [1.54, 1.807) is 30.3 Å². The summed E-state index contributed by atoms with van der Waals surface area (Å²) in [6, 6.07) is 21.7. The Morgan fingerprint density at radius 1 is 0.852 bits per heavy atom. The maximum atomic E-state index is 12.2. The molecular weight excluding hydrogens is 362 g/mol. The van der Waals surface area contributed by atoms with Crippen LogP contribution in [-0.4, -0.2) is 16.8 Å². The number of hydrogen-bond donors (Lipinski definition) is 2. The lowest BCUT2D eigenvalue weighted by molar-refractivity contribution is -0.120. The maximum absolute atomic E-state index is 12.2. The van der Waals surface area contributed by atoms with Gasteiger partial charge in [0, 0.05) is 12.2 Å². The zero-order chi connectivity index (χ0) is 19.1. The van der Waals surface area contributed by atoms with Crippen molar-refractivity contribution in [2.75, 3.05) is 5.32 Å². The van der Waals surface area contributed by atoms with Crippen LogP contribution in [0.15, 0.2) is 72.8 Å². The molecule has 3 rings (SSSR count). The van der Waals surface area contributed by atoms with Gasteiger partial charge >= 0.3 is 0 Å². The fourth-order valence-corrected chi connectivity index (χ4v) is 2.64. The Kier molecular flexibility index (Phi) is 6.18. The van der Waals surface area contributed by atoms with E-state index in [9.17, 15) is 9.59 Å². The third-order valence-electron chi connectivity index (χ3n) is 3.86. The van der Waals surface area contributed by atoms with Crippen molar-refractivity contribution in [1.82, 2.24) is 10.3 Å². The van der Waals surface area contributed by atoms with E-state index < -0.39 is 0 Å². The summed E-state index contributed by atoms with van der Waals surface area (Å²) in [5.74, 6) is -0.398. The summed E-state index contributed by atoms with van der Waals surface area (Å²) in [4.78, 5) is 28.2. The second kappa shape index (κ2) is 8.96. The summed E-state index contributed by atoms with van der Waals surface area (Å²) >= 11 is 5.80. The van der Waals surface area contributed by atoms with E-state index in [1.165, 1.54) is 0 Å². The van der Waals surface area contributed by atoms with Crippen LogP contribution in [0.1, 0.15) is 21.6 Å². The number of amides is 2. The van der Waals surface area contributed by atoms with Crippen LogP contribution in [0.5, 0.6) is 0 Å². The Bertz CT molecular complexity index is 928. The summed E-state index contributed by atoms with van der Waals surface area (Å²) in [7, 11) is 0. The lowest BCUT2D eigenvalue weighted by Crippen LogP contribution is -2.24. The van der Waals surface area contributed by atoms with Crippen molar-refractivity contribution < 1.29 is 9.59 Å². The van der Waals surface area contributed by atoms with Crippen LogP contribution in [0.4, 0.5) is 5.69 Å². The van der Waals surface area contributed by atoms with Crippen LogP contribution in [0.3, 0.4) is 0 Å². The van der Waals surface area contributed by atoms with Gasteiger partial charge in [0.25, 0.3) is 5.91 Å². The van der Waals surface area contributed by atoms with Gasteiger partial charge in [0.1, 0.15) is 10.8 Å². The van der Waals surface area contributed by atoms with E-state index in [4.69, 9.17) is 11.6 Å². The quantitative estimate of drug-likeness (QED) is 0.639. The van der Waals surface area contributed by atoms with E-state index in [0.717, 1.165) is 11.1 Å². The molecule has 27 heavy (non-hydrogen) atoms. The minimum atomic E-state index is -0.342. The molecule has 3 aromatic rings. The SMILES string of the molecule is O=C(Cc1ccc(NC(=O)c2cccc(Cl)n2)cc1)NCc1ccccc1. The third kappa shape index (κ3) is 5.66. The Morgan fingerprint density at radius 2 is 1.59 bits per heavy atom. The fourth-order valence-electron chi connectivity index (χ4n) is 2.48. The molecule has 136 valence electrons. The van der Waals surface area contributed by atoms with Gasteiger partial charge in [-0.2, -0.15) is 0 Å². The van der Waals surface area contributed by atoms with Crippen LogP contribution in [-0.2, 0) is 17.8 Å². The number of benzene rings is 2. The van der Waals surface area contributed by atoms with Crippen molar-refractivity contribution in [1.29, 1.82) is 0 Å². The van der Waals surface area contributed by atoms with E-state index in [0.29, 0.717) is 12.2 Å². The number of carbonyl (C=O) groups is 2. The van der Waals surface area contributed by atoms with E-state index in [-0.39, 0.29) is 29.1 Å². The number of nitrogens with one attached hydrogen (secondary N) is 2. The molecule has 0 saturated carbocycles. The van der Waals surface area contributed by atoms with E-state index in [2.05, 4.69) is 15.6 Å². The molecule has 0 radical (unpaired) electrons. The monoisotopic (exact) mass is 379 g/mol. The Morgan fingerprint density at radius 3 is 2.30 bits per heavy atom. The number of halogens is 1. The number of aromatic nitrogens is 1. The van der Waals surface area contributed by atoms with Gasteiger partial charge in [0.2, 0.25) is 5.91 Å². The maximum Gasteiger partial charge on any atom is 0.274 e. The molecule has 0 spiro atoms. The zero-order valence-electron chi connectivity index (χ0n) is 14.5. The Balaban J connectivity index is 1.52. The first-order chi connectivity index (χ1) is 13.1. The van der Waals surface area contributed by atoms with Crippen molar-refractivity contribution in [3.63, 3.8) is 0 Å². The van der Waals surface area contributed by atoms with Crippen molar-refractivity contribution in [2.24, 2.45) is 0 Å². The molecule has 0 aliphatic heterocycles. The number of pyridine rings is 1. The number of rotatable bonds is 6. The number of carbonyl (C=O) groups excluding carboxylic acids is 2. The van der Waals surface area contributed by atoms with Crippen LogP contribution in [0, 0.1) is 0 Å². The average Bonchev–Trinajstić information content (AvgIpc) is 2.69. The topological polar surface area (TPSA) is 71.1 Å². The van der Waals surface area contributed by atoms with E-state index >= 15 is 0 Å². The highest BCUT2D eigenvalue weighted by Crippen LogP contribution is 2.12. The van der Waals surface area contributed by atoms with Crippen molar-refractivity contribution in [3.8, 4) is 0 Å². The summed E-state index contributed by atoms with van der Waals surface area (Å²) in [5, 5.41) is 5.91. The summed E-state index contributed by atoms with van der Waals surface area (Å²) in [5.41, 5.74) is 2.78. The molecule has 0 unspecified atom stereocenters. The summed E-state index contributed by atoms with van der Waals surface area (Å²) in [6.45, 7) is 0.500. The molecule has 0 atom stereocenters. The lowest BCUT2D eigenvalue weighted by Gasteiger charge is -2.08. The van der Waals surface area contributed by atoms with Gasteiger partial charge in [-0.25, -0.2) is 4.98 Å². The van der Waals surface area contributed by atoms with Crippen molar-refractivity contribution in [2.45, 2.75) is 13.0 Å². The molecule has 1 aromatic heterocycles. The molecule has 1 heterocycles. The van der Waals surface area contributed by atoms with Crippen LogP contribution >= 0.6 is 11.6 Å². The second-order valence-corrected chi connectivity index (χ2v) is 6.32. The number of nitrogens with zero attached hydrogens (tertiary/aromatic N) is 1. The largest absolute Gasteiger partial charge is 0.352 e. The van der Waals surface area contributed by atoms with Gasteiger partial charge in [0.05, 0.1) is 6.42 Å². The first kappa shape index (κ1) is 18.6. The average molecular weight is 380 g/mol. The smallest absolute Gasteiger partial charge is 0.274 e. The zero-order valence-corrected chi connectivity index (χ0v) is 15.2. The summed E-state index contributed by atoms with van der Waals surface area (Å²) < 4.78 is 0. The standard InChI is InChI=1S/C21H18ClN3O2/c22-19-8-4-7-18(25-19)21(27)24-17-11-9-15(10-12-17)13-20(26)23-14-16-5-2-1-3-6-16/h1-12H,13-14H2,(H,23,26)(H,24,27). The normalized spacial score (nSPS) is 10.3. The van der Waals surface area contributed by atoms with Crippen LogP contribution in [0.2, 0.25) is 5.15 Å². The summed E-state index contributed by atoms with van der Waals surface area (Å²) in [6.07, 6.45) is 0.275. The Hall–Kier alpha value is -3.18. The van der Waals surface area contributed by atoms with Crippen molar-refractivity contribution >= 4 is 29.1 Å². The lowest BCUT2D eigenvalue weighted by atomic mass is 10.1. The minimum Gasteiger partial charge on any atom is -0.352 e. The first-order valence-corrected chi connectivity index (χ1v) is 8.81. The molecule has 5 nitrogen and oxygen atoms in total. The molecule has 2 N–H and O–H groups in total. The highest BCUT2D eigenvalue weighted by atomic mass is 35.5. The van der Waals surface area contributed by atoms with Crippen molar-refractivity contribution in [3.05, 3.63) is 94.8 Å². The fraction of sp³-hybridized carbons (Fsp3) is 0.0952. The number of anilines is 1. The minimum absolute atomic E-state index is 0.0567. The molecule has 6 heteroatoms. The second-order valence-electron chi connectivity index (χ2n) is 5.94. The first-order valence-electron chi connectivity index (χ1n) is 8.43. The van der Waals surface area contributed by atoms with Crippen LogP contribution in [0.25, 0.3) is 0 Å². The molecule has 0 aliphatic carbocycles. The highest BCUT2D eigenvalue weighted by molar-refractivity contribution is 6.29. The van der Waals surface area contributed by atoms with Gasteiger partial charge in [0.15, 0.2) is 0 Å².